The first-order chi connectivity index (χ1) is 12.1. The van der Waals surface area contributed by atoms with E-state index >= 15 is 0 Å². The molecule has 0 radical (unpaired) electrons. The van der Waals surface area contributed by atoms with Crippen molar-refractivity contribution in [1.82, 2.24) is 14.4 Å². The minimum absolute atomic E-state index is 0.198. The van der Waals surface area contributed by atoms with E-state index in [1.807, 2.05) is 17.5 Å². The molecule has 1 saturated heterocycles. The van der Waals surface area contributed by atoms with Crippen LogP contribution in [0.3, 0.4) is 0 Å². The molecule has 2 aromatic heterocycles. The van der Waals surface area contributed by atoms with Crippen molar-refractivity contribution in [1.29, 1.82) is 0 Å². The summed E-state index contributed by atoms with van der Waals surface area (Å²) in [6.07, 6.45) is 1.22. The predicted molar refractivity (Wildman–Crippen MR) is 90.6 cm³/mol. The molecule has 0 N–H and O–H groups in total. The normalized spacial score (nSPS) is 23.6. The number of methoxy groups -OCH3 is 1. The second-order valence-electron chi connectivity index (χ2n) is 6.26. The molecule has 2 aliphatic rings. The zero-order chi connectivity index (χ0) is 17.5. The van der Waals surface area contributed by atoms with Gasteiger partial charge in [0.25, 0.3) is 0 Å². The van der Waals surface area contributed by atoms with Gasteiger partial charge >= 0.3 is 0 Å². The summed E-state index contributed by atoms with van der Waals surface area (Å²) in [5.41, 5.74) is 0. The van der Waals surface area contributed by atoms with Crippen LogP contribution in [0.25, 0.3) is 10.7 Å². The molecule has 0 amide bonds. The lowest BCUT2D eigenvalue weighted by molar-refractivity contribution is 0.0191. The number of aromatic nitrogens is 2. The second-order valence-corrected chi connectivity index (χ2v) is 9.49. The largest absolute Gasteiger partial charge is 0.383 e. The minimum atomic E-state index is -3.55. The molecule has 3 heterocycles. The molecule has 1 saturated carbocycles. The smallest absolute Gasteiger partial charge is 0.247 e. The summed E-state index contributed by atoms with van der Waals surface area (Å²) in [5.74, 6) is 0.728. The van der Waals surface area contributed by atoms with Gasteiger partial charge in [-0.3, -0.25) is 0 Å². The Balaban J connectivity index is 1.64. The van der Waals surface area contributed by atoms with E-state index < -0.39 is 20.8 Å². The molecule has 2 fully saturated rings. The molecular weight excluding hydrogens is 366 g/mol. The van der Waals surface area contributed by atoms with E-state index in [2.05, 4.69) is 10.1 Å². The van der Waals surface area contributed by atoms with E-state index in [-0.39, 0.29) is 25.6 Å². The van der Waals surface area contributed by atoms with Crippen LogP contribution >= 0.6 is 11.3 Å². The van der Waals surface area contributed by atoms with Crippen molar-refractivity contribution in [3.63, 3.8) is 0 Å². The summed E-state index contributed by atoms with van der Waals surface area (Å²) in [7, 11) is -2.03. The van der Waals surface area contributed by atoms with Gasteiger partial charge < -0.3 is 14.0 Å². The fourth-order valence-electron chi connectivity index (χ4n) is 3.07. The minimum Gasteiger partial charge on any atom is -0.383 e. The molecular formula is C15H19N3O5S2. The van der Waals surface area contributed by atoms with Crippen molar-refractivity contribution in [2.24, 2.45) is 0 Å². The highest BCUT2D eigenvalue weighted by atomic mass is 32.2. The summed E-state index contributed by atoms with van der Waals surface area (Å²) in [6.45, 7) is 1.03. The monoisotopic (exact) mass is 385 g/mol. The number of hydrogen-bond donors (Lipinski definition) is 0. The lowest BCUT2D eigenvalue weighted by atomic mass is 10.3. The molecule has 4 rings (SSSR count). The standard InChI is InChI=1S/C15H19N3O5S2/c1-21-10-15(4-5-15)25(19,20)18-6-7-22-9-11(18)14-16-13(17-23-14)12-3-2-8-24-12/h2-3,8,11H,4-7,9-10H2,1H3/t11-/m0/s1. The molecule has 1 aliphatic heterocycles. The number of nitrogens with zero attached hydrogens (tertiary/aromatic N) is 3. The maximum Gasteiger partial charge on any atom is 0.247 e. The first-order valence-corrected chi connectivity index (χ1v) is 10.3. The number of sulfonamides is 1. The highest BCUT2D eigenvalue weighted by Gasteiger charge is 2.59. The number of hydrogen-bond acceptors (Lipinski definition) is 8. The number of rotatable bonds is 6. The van der Waals surface area contributed by atoms with Crippen molar-refractivity contribution in [2.45, 2.75) is 23.6 Å². The van der Waals surface area contributed by atoms with Gasteiger partial charge in [0.05, 0.1) is 24.7 Å². The van der Waals surface area contributed by atoms with Crippen molar-refractivity contribution in [3.05, 3.63) is 23.4 Å². The van der Waals surface area contributed by atoms with Crippen LogP contribution in [0.5, 0.6) is 0 Å². The van der Waals surface area contributed by atoms with Crippen LogP contribution in [-0.4, -0.2) is 61.1 Å². The Morgan fingerprint density at radius 1 is 1.48 bits per heavy atom. The van der Waals surface area contributed by atoms with Crippen LogP contribution in [-0.2, 0) is 19.5 Å². The van der Waals surface area contributed by atoms with Crippen molar-refractivity contribution in [3.8, 4) is 10.7 Å². The van der Waals surface area contributed by atoms with Crippen LogP contribution < -0.4 is 0 Å². The van der Waals surface area contributed by atoms with Gasteiger partial charge in [0.15, 0.2) is 0 Å². The van der Waals surface area contributed by atoms with E-state index in [9.17, 15) is 8.42 Å². The number of ether oxygens (including phenoxy) is 2. The van der Waals surface area contributed by atoms with Gasteiger partial charge in [-0.15, -0.1) is 11.3 Å². The zero-order valence-corrected chi connectivity index (χ0v) is 15.4. The highest BCUT2D eigenvalue weighted by Crippen LogP contribution is 2.47. The zero-order valence-electron chi connectivity index (χ0n) is 13.8. The van der Waals surface area contributed by atoms with Gasteiger partial charge in [0.2, 0.25) is 21.7 Å². The molecule has 1 atom stereocenters. The SMILES string of the molecule is COCC1(S(=O)(=O)N2CCOC[C@H]2c2nc(-c3cccs3)no2)CC1. The Kier molecular flexibility index (Phi) is 4.40. The average molecular weight is 385 g/mol. The summed E-state index contributed by atoms with van der Waals surface area (Å²) < 4.78 is 43.0. The third-order valence-corrected chi connectivity index (χ3v) is 8.16. The fraction of sp³-hybridized carbons (Fsp3) is 0.600. The van der Waals surface area contributed by atoms with Gasteiger partial charge in [0, 0.05) is 13.7 Å². The Labute approximate surface area is 149 Å². The second kappa shape index (κ2) is 6.44. The van der Waals surface area contributed by atoms with Crippen LogP contribution in [0, 0.1) is 0 Å². The molecule has 0 spiro atoms. The molecule has 0 unspecified atom stereocenters. The number of thiophene rings is 1. The first kappa shape index (κ1) is 17.1. The van der Waals surface area contributed by atoms with Crippen LogP contribution in [0.15, 0.2) is 22.0 Å². The maximum absolute atomic E-state index is 13.2. The molecule has 25 heavy (non-hydrogen) atoms. The Morgan fingerprint density at radius 2 is 2.32 bits per heavy atom. The van der Waals surface area contributed by atoms with Crippen LogP contribution in [0.4, 0.5) is 0 Å². The molecule has 0 aromatic carbocycles. The van der Waals surface area contributed by atoms with Gasteiger partial charge in [0.1, 0.15) is 10.8 Å². The Bertz CT molecular complexity index is 829. The van der Waals surface area contributed by atoms with Crippen LogP contribution in [0.1, 0.15) is 24.8 Å². The third kappa shape index (κ3) is 2.91. The van der Waals surface area contributed by atoms with Crippen molar-refractivity contribution < 1.29 is 22.4 Å². The van der Waals surface area contributed by atoms with Gasteiger partial charge in [-0.25, -0.2) is 8.42 Å². The lowest BCUT2D eigenvalue weighted by Crippen LogP contribution is -2.49. The van der Waals surface area contributed by atoms with Crippen molar-refractivity contribution in [2.75, 3.05) is 33.5 Å². The quantitative estimate of drug-likeness (QED) is 0.746. The summed E-state index contributed by atoms with van der Waals surface area (Å²) in [4.78, 5) is 5.28. The summed E-state index contributed by atoms with van der Waals surface area (Å²) in [6, 6.07) is 3.19. The summed E-state index contributed by atoms with van der Waals surface area (Å²) in [5, 5.41) is 5.91. The van der Waals surface area contributed by atoms with Gasteiger partial charge in [-0.2, -0.15) is 9.29 Å². The van der Waals surface area contributed by atoms with E-state index in [1.165, 1.54) is 22.8 Å². The van der Waals surface area contributed by atoms with Crippen LogP contribution in [0.2, 0.25) is 0 Å². The predicted octanol–water partition coefficient (Wildman–Crippen LogP) is 1.68. The average Bonchev–Trinajstić information content (AvgIpc) is 3.05. The van der Waals surface area contributed by atoms with Crippen molar-refractivity contribution >= 4 is 21.4 Å². The Morgan fingerprint density at radius 3 is 3.00 bits per heavy atom. The molecule has 8 nitrogen and oxygen atoms in total. The van der Waals surface area contributed by atoms with E-state index in [4.69, 9.17) is 14.0 Å². The van der Waals surface area contributed by atoms with E-state index in [0.717, 1.165) is 4.88 Å². The lowest BCUT2D eigenvalue weighted by Gasteiger charge is -2.35. The fourth-order valence-corrected chi connectivity index (χ4v) is 5.91. The van der Waals surface area contributed by atoms with E-state index in [0.29, 0.717) is 25.3 Å². The van der Waals surface area contributed by atoms with E-state index in [1.54, 1.807) is 0 Å². The molecule has 0 bridgehead atoms. The maximum atomic E-state index is 13.2. The topological polar surface area (TPSA) is 94.8 Å². The molecule has 1 aliphatic carbocycles. The molecule has 136 valence electrons. The highest BCUT2D eigenvalue weighted by molar-refractivity contribution is 7.90. The third-order valence-electron chi connectivity index (χ3n) is 4.62. The number of morpholine rings is 1. The van der Waals surface area contributed by atoms with Gasteiger partial charge in [-0.05, 0) is 24.3 Å². The summed E-state index contributed by atoms with van der Waals surface area (Å²) >= 11 is 1.50. The molecule has 10 heteroatoms. The Hall–Kier alpha value is -1.33. The van der Waals surface area contributed by atoms with Gasteiger partial charge in [-0.1, -0.05) is 11.2 Å². The first-order valence-electron chi connectivity index (χ1n) is 8.03. The molecule has 2 aromatic rings.